The molecule has 2 aliphatic rings. The predicted molar refractivity (Wildman–Crippen MR) is 140 cm³/mol. The number of aryl methyl sites for hydroxylation is 1. The molecule has 0 spiro atoms. The maximum Gasteiger partial charge on any atom is 0.354 e. The van der Waals surface area contributed by atoms with Crippen LogP contribution in [-0.2, 0) is 19.1 Å². The normalized spacial score (nSPS) is 19.6. The van der Waals surface area contributed by atoms with E-state index < -0.39 is 23.7 Å². The van der Waals surface area contributed by atoms with Gasteiger partial charge in [-0.25, -0.2) is 4.79 Å². The number of aliphatic hydroxyl groups is 1. The smallest absolute Gasteiger partial charge is 0.354 e. The van der Waals surface area contributed by atoms with Gasteiger partial charge in [0.05, 0.1) is 31.9 Å². The van der Waals surface area contributed by atoms with Crippen LogP contribution in [0, 0.1) is 13.8 Å². The van der Waals surface area contributed by atoms with E-state index in [-0.39, 0.29) is 17.0 Å². The van der Waals surface area contributed by atoms with Crippen molar-refractivity contribution in [1.82, 2.24) is 14.8 Å². The number of amides is 1. The number of aromatic nitrogens is 1. The fraction of sp³-hybridized carbons (Fsp3) is 0.393. The number of likely N-dealkylation sites (tertiary alicyclic amines) is 1. The number of ketones is 1. The van der Waals surface area contributed by atoms with Gasteiger partial charge in [0.1, 0.15) is 23.8 Å². The number of ether oxygens (including phenoxy) is 3. The average molecular weight is 524 g/mol. The van der Waals surface area contributed by atoms with Crippen LogP contribution in [0.1, 0.15) is 38.9 Å². The van der Waals surface area contributed by atoms with Gasteiger partial charge in [0.15, 0.2) is 0 Å². The maximum atomic E-state index is 13.4. The second-order valence-corrected chi connectivity index (χ2v) is 9.23. The molecule has 2 fully saturated rings. The number of benzene rings is 1. The highest BCUT2D eigenvalue weighted by atomic mass is 16.5. The molecule has 2 aromatic rings. The monoisotopic (exact) mass is 523 g/mol. The zero-order valence-electron chi connectivity index (χ0n) is 21.9. The lowest BCUT2D eigenvalue weighted by Crippen LogP contribution is -2.42. The number of carbonyl (C=O) groups is 3. The summed E-state index contributed by atoms with van der Waals surface area (Å²) in [6.07, 6.45) is 1.64. The van der Waals surface area contributed by atoms with E-state index in [2.05, 4.69) is 16.5 Å². The topological polar surface area (TPSA) is 121 Å². The fourth-order valence-electron chi connectivity index (χ4n) is 4.98. The van der Waals surface area contributed by atoms with Crippen molar-refractivity contribution in [2.45, 2.75) is 19.9 Å². The number of hydrogen-bond donors (Lipinski definition) is 2. The van der Waals surface area contributed by atoms with Gasteiger partial charge in [-0.1, -0.05) is 24.8 Å². The number of morpholine rings is 1. The zero-order valence-corrected chi connectivity index (χ0v) is 21.9. The highest BCUT2D eigenvalue weighted by molar-refractivity contribution is 6.46. The lowest BCUT2D eigenvalue weighted by molar-refractivity contribution is -0.140. The van der Waals surface area contributed by atoms with Gasteiger partial charge in [0.2, 0.25) is 0 Å². The van der Waals surface area contributed by atoms with Crippen LogP contribution < -0.4 is 4.74 Å². The fourth-order valence-corrected chi connectivity index (χ4v) is 4.98. The third-order valence-corrected chi connectivity index (χ3v) is 6.93. The molecule has 202 valence electrons. The lowest BCUT2D eigenvalue weighted by atomic mass is 9.94. The maximum absolute atomic E-state index is 13.4. The second kappa shape index (κ2) is 11.7. The summed E-state index contributed by atoms with van der Waals surface area (Å²) in [7, 11) is 1.26. The molecule has 4 rings (SSSR count). The molecule has 0 radical (unpaired) electrons. The van der Waals surface area contributed by atoms with E-state index in [1.807, 2.05) is 0 Å². The third-order valence-electron chi connectivity index (χ3n) is 6.93. The number of methoxy groups -OCH3 is 1. The second-order valence-electron chi connectivity index (χ2n) is 9.23. The van der Waals surface area contributed by atoms with Gasteiger partial charge in [-0.05, 0) is 37.1 Å². The van der Waals surface area contributed by atoms with Crippen molar-refractivity contribution in [2.24, 2.45) is 0 Å². The number of nitrogens with zero attached hydrogens (tertiary/aromatic N) is 2. The Morgan fingerprint density at radius 2 is 1.87 bits per heavy atom. The van der Waals surface area contributed by atoms with Gasteiger partial charge in [0, 0.05) is 37.4 Å². The summed E-state index contributed by atoms with van der Waals surface area (Å²) in [5, 5.41) is 11.5. The number of carbonyl (C=O) groups excluding carboxylic acids is 3. The van der Waals surface area contributed by atoms with Crippen molar-refractivity contribution >= 4 is 23.4 Å². The first kappa shape index (κ1) is 27.2. The number of hydrogen-bond acceptors (Lipinski definition) is 8. The largest absolute Gasteiger partial charge is 0.507 e. The van der Waals surface area contributed by atoms with Crippen LogP contribution >= 0.6 is 0 Å². The van der Waals surface area contributed by atoms with Crippen molar-refractivity contribution < 1.29 is 33.7 Å². The van der Waals surface area contributed by atoms with Gasteiger partial charge in [0.25, 0.3) is 11.7 Å². The molecule has 0 aliphatic carbocycles. The Labute approximate surface area is 221 Å². The molecule has 2 aliphatic heterocycles. The minimum Gasteiger partial charge on any atom is -0.507 e. The molecule has 0 bridgehead atoms. The highest BCUT2D eigenvalue weighted by Crippen LogP contribution is 2.41. The van der Waals surface area contributed by atoms with Crippen LogP contribution in [0.3, 0.4) is 0 Å². The molecule has 1 aromatic carbocycles. The van der Waals surface area contributed by atoms with Crippen molar-refractivity contribution in [1.29, 1.82) is 0 Å². The van der Waals surface area contributed by atoms with Gasteiger partial charge >= 0.3 is 5.97 Å². The Kier molecular flexibility index (Phi) is 8.33. The standard InChI is InChI=1S/C28H33N3O7/c1-5-14-38-20-8-6-19(7-9-20)24-22(25(32)21-17(2)23(28(35)36-4)29-18(21)3)26(33)27(34)31(24)11-10-30-12-15-37-16-13-30/h5-9,24,29,32H,1,10-16H2,2-4H3/b25-22+. The summed E-state index contributed by atoms with van der Waals surface area (Å²) in [6, 6.07) is 6.24. The van der Waals surface area contributed by atoms with Gasteiger partial charge < -0.3 is 29.2 Å². The lowest BCUT2D eigenvalue weighted by Gasteiger charge is -2.31. The molecule has 1 amide bonds. The first-order valence-corrected chi connectivity index (χ1v) is 12.5. The SMILES string of the molecule is C=CCOc1ccc(C2/C(=C(\O)c3c(C)[nH]c(C(=O)OC)c3C)C(=O)C(=O)N2CCN2CCOCC2)cc1. The quantitative estimate of drug-likeness (QED) is 0.169. The number of aromatic amines is 1. The Hall–Kier alpha value is -3.89. The molecule has 3 heterocycles. The third kappa shape index (κ3) is 5.23. The summed E-state index contributed by atoms with van der Waals surface area (Å²) in [5.74, 6) is -1.78. The molecule has 2 N–H and O–H groups in total. The van der Waals surface area contributed by atoms with Crippen LogP contribution in [0.5, 0.6) is 5.75 Å². The van der Waals surface area contributed by atoms with Crippen LogP contribution in [0.4, 0.5) is 0 Å². The number of H-pyrrole nitrogens is 1. The molecule has 1 atom stereocenters. The van der Waals surface area contributed by atoms with Gasteiger partial charge in [-0.2, -0.15) is 0 Å². The molecule has 0 saturated carbocycles. The molecule has 1 aromatic heterocycles. The minimum atomic E-state index is -0.820. The van der Waals surface area contributed by atoms with Crippen LogP contribution in [-0.4, -0.2) is 90.7 Å². The number of aliphatic hydroxyl groups excluding tert-OH is 1. The summed E-state index contributed by atoms with van der Waals surface area (Å²) in [6.45, 7) is 10.9. The van der Waals surface area contributed by atoms with E-state index in [1.165, 1.54) is 12.0 Å². The minimum absolute atomic E-state index is 0.0293. The molecule has 38 heavy (non-hydrogen) atoms. The Morgan fingerprint density at radius 3 is 2.50 bits per heavy atom. The molecule has 10 nitrogen and oxygen atoms in total. The number of rotatable bonds is 9. The van der Waals surface area contributed by atoms with E-state index in [9.17, 15) is 19.5 Å². The molecule has 2 saturated heterocycles. The summed E-state index contributed by atoms with van der Waals surface area (Å²) in [4.78, 5) is 45.6. The summed E-state index contributed by atoms with van der Waals surface area (Å²) < 4.78 is 15.8. The van der Waals surface area contributed by atoms with Crippen LogP contribution in [0.25, 0.3) is 5.76 Å². The number of nitrogens with one attached hydrogen (secondary N) is 1. The van der Waals surface area contributed by atoms with Crippen molar-refractivity contribution in [3.8, 4) is 5.75 Å². The first-order chi connectivity index (χ1) is 18.3. The van der Waals surface area contributed by atoms with E-state index >= 15 is 0 Å². The molecule has 1 unspecified atom stereocenters. The van der Waals surface area contributed by atoms with E-state index in [0.717, 1.165) is 13.1 Å². The molecular formula is C28H33N3O7. The highest BCUT2D eigenvalue weighted by Gasteiger charge is 2.46. The van der Waals surface area contributed by atoms with E-state index in [1.54, 1.807) is 44.2 Å². The van der Waals surface area contributed by atoms with Crippen LogP contribution in [0.2, 0.25) is 0 Å². The number of Topliss-reactive ketones (excluding diaryl/α,β-unsaturated/α-hetero) is 1. The Balaban J connectivity index is 1.78. The summed E-state index contributed by atoms with van der Waals surface area (Å²) in [5.41, 5.74) is 2.00. The Bertz CT molecular complexity index is 1260. The number of esters is 1. The van der Waals surface area contributed by atoms with Crippen molar-refractivity contribution in [2.75, 3.05) is 53.1 Å². The molecule has 10 heteroatoms. The van der Waals surface area contributed by atoms with Crippen LogP contribution in [0.15, 0.2) is 42.5 Å². The van der Waals surface area contributed by atoms with E-state index in [0.29, 0.717) is 61.0 Å². The Morgan fingerprint density at radius 1 is 1.18 bits per heavy atom. The van der Waals surface area contributed by atoms with Crippen molar-refractivity contribution in [3.05, 3.63) is 70.6 Å². The first-order valence-electron chi connectivity index (χ1n) is 12.5. The van der Waals surface area contributed by atoms with Crippen molar-refractivity contribution in [3.63, 3.8) is 0 Å². The zero-order chi connectivity index (χ0) is 27.4. The summed E-state index contributed by atoms with van der Waals surface area (Å²) >= 11 is 0. The van der Waals surface area contributed by atoms with Gasteiger partial charge in [-0.3, -0.25) is 14.5 Å². The van der Waals surface area contributed by atoms with Gasteiger partial charge in [-0.15, -0.1) is 0 Å². The average Bonchev–Trinajstić information content (AvgIpc) is 3.37. The predicted octanol–water partition coefficient (Wildman–Crippen LogP) is 2.74. The van der Waals surface area contributed by atoms with E-state index in [4.69, 9.17) is 14.2 Å². The molecular weight excluding hydrogens is 490 g/mol.